The number of esters is 4. The van der Waals surface area contributed by atoms with E-state index in [4.69, 9.17) is 37.0 Å². The van der Waals surface area contributed by atoms with Crippen LogP contribution in [-0.4, -0.2) is 96.7 Å². The van der Waals surface area contributed by atoms with Crippen molar-refractivity contribution >= 4 is 39.5 Å². The van der Waals surface area contributed by atoms with Crippen LogP contribution in [0.4, 0.5) is 0 Å². The first-order chi connectivity index (χ1) is 46.1. The molecule has 0 fully saturated rings. The van der Waals surface area contributed by atoms with Crippen molar-refractivity contribution in [1.29, 1.82) is 0 Å². The van der Waals surface area contributed by atoms with E-state index in [1.807, 2.05) is 0 Å². The quantitative estimate of drug-likeness (QED) is 0.0222. The molecule has 6 atom stereocenters. The molecule has 0 rings (SSSR count). The standard InChI is InChI=1S/C76H148O17P2/c1-6-10-13-16-19-22-25-28-30-33-35-38-44-49-54-59-73(78)86-65-71(92-76(81)62-57-52-47-40-37-34-31-29-26-23-20-17-14-11-7-2)67-90-94(82,83)88-63-70(77)64-89-95(84,85)91-68-72(66-87-74(79)60-55-50-45-42-41-43-48-53-58-69(5)9-4)93-75(80)61-56-51-46-39-36-32-27-24-21-18-15-12-8-3/h69-72,77H,6-68H2,1-5H3,(H,82,83)(H,84,85)/t69?,70-,71-,72-/m1/s1. The number of hydrogen-bond acceptors (Lipinski definition) is 15. The molecule has 19 heteroatoms. The number of ether oxygens (including phenoxy) is 4. The minimum atomic E-state index is -4.96. The molecule has 3 unspecified atom stereocenters. The van der Waals surface area contributed by atoms with Crippen molar-refractivity contribution < 1.29 is 80.2 Å². The summed E-state index contributed by atoms with van der Waals surface area (Å²) in [7, 11) is -9.91. The molecule has 0 bridgehead atoms. The Bertz CT molecular complexity index is 1820. The molecule has 0 aliphatic carbocycles. The van der Waals surface area contributed by atoms with Gasteiger partial charge in [0.15, 0.2) is 12.2 Å². The first-order valence-corrected chi connectivity index (χ1v) is 42.7. The summed E-state index contributed by atoms with van der Waals surface area (Å²) in [5.74, 6) is -1.33. The Morgan fingerprint density at radius 3 is 0.747 bits per heavy atom. The second kappa shape index (κ2) is 69.2. The van der Waals surface area contributed by atoms with E-state index in [0.717, 1.165) is 95.8 Å². The Labute approximate surface area is 581 Å². The molecule has 95 heavy (non-hydrogen) atoms. The summed E-state index contributed by atoms with van der Waals surface area (Å²) in [6.07, 6.45) is 58.0. The van der Waals surface area contributed by atoms with E-state index in [1.54, 1.807) is 0 Å². The highest BCUT2D eigenvalue weighted by molar-refractivity contribution is 7.47. The summed E-state index contributed by atoms with van der Waals surface area (Å²) in [4.78, 5) is 72.9. The van der Waals surface area contributed by atoms with Gasteiger partial charge in [0, 0.05) is 25.7 Å². The summed E-state index contributed by atoms with van der Waals surface area (Å²) < 4.78 is 68.6. The van der Waals surface area contributed by atoms with Crippen LogP contribution in [0.5, 0.6) is 0 Å². The molecule has 0 aromatic rings. The van der Waals surface area contributed by atoms with E-state index in [0.29, 0.717) is 25.7 Å². The first-order valence-electron chi connectivity index (χ1n) is 39.7. The van der Waals surface area contributed by atoms with Gasteiger partial charge < -0.3 is 33.8 Å². The van der Waals surface area contributed by atoms with Crippen molar-refractivity contribution in [1.82, 2.24) is 0 Å². The fourth-order valence-corrected chi connectivity index (χ4v) is 13.3. The molecule has 0 amide bonds. The van der Waals surface area contributed by atoms with Gasteiger partial charge in [-0.3, -0.25) is 37.3 Å². The van der Waals surface area contributed by atoms with Crippen LogP contribution < -0.4 is 0 Å². The smallest absolute Gasteiger partial charge is 0.462 e. The molecular formula is C76H148O17P2. The molecule has 0 heterocycles. The highest BCUT2D eigenvalue weighted by Gasteiger charge is 2.30. The predicted octanol–water partition coefficient (Wildman–Crippen LogP) is 22.5. The zero-order valence-corrected chi connectivity index (χ0v) is 63.6. The van der Waals surface area contributed by atoms with Gasteiger partial charge in [0.05, 0.1) is 26.4 Å². The zero-order valence-electron chi connectivity index (χ0n) is 61.8. The van der Waals surface area contributed by atoms with E-state index in [2.05, 4.69) is 34.6 Å². The summed E-state index contributed by atoms with van der Waals surface area (Å²) in [6.45, 7) is 7.31. The van der Waals surface area contributed by atoms with Crippen molar-refractivity contribution in [2.24, 2.45) is 5.92 Å². The molecule has 3 N–H and O–H groups in total. The molecule has 0 saturated heterocycles. The number of phosphoric ester groups is 2. The maximum Gasteiger partial charge on any atom is 0.472 e. The fourth-order valence-electron chi connectivity index (χ4n) is 11.7. The average molecular weight is 1400 g/mol. The average Bonchev–Trinajstić information content (AvgIpc) is 1.31. The zero-order chi connectivity index (χ0) is 69.8. The third-order valence-electron chi connectivity index (χ3n) is 18.1. The van der Waals surface area contributed by atoms with E-state index in [1.165, 1.54) is 225 Å². The van der Waals surface area contributed by atoms with E-state index < -0.39 is 97.5 Å². The molecule has 17 nitrogen and oxygen atoms in total. The van der Waals surface area contributed by atoms with Crippen LogP contribution in [0, 0.1) is 5.92 Å². The second-order valence-electron chi connectivity index (χ2n) is 27.6. The van der Waals surface area contributed by atoms with Crippen LogP contribution in [0.2, 0.25) is 0 Å². The van der Waals surface area contributed by atoms with Gasteiger partial charge in [-0.05, 0) is 31.6 Å². The molecule has 0 aliphatic heterocycles. The van der Waals surface area contributed by atoms with Crippen LogP contribution in [0.25, 0.3) is 0 Å². The van der Waals surface area contributed by atoms with Gasteiger partial charge in [0.2, 0.25) is 0 Å². The van der Waals surface area contributed by atoms with Crippen LogP contribution in [0.3, 0.4) is 0 Å². The minimum absolute atomic E-state index is 0.108. The number of aliphatic hydroxyl groups is 1. The highest BCUT2D eigenvalue weighted by Crippen LogP contribution is 2.45. The third kappa shape index (κ3) is 69.0. The van der Waals surface area contributed by atoms with Crippen molar-refractivity contribution in [3.63, 3.8) is 0 Å². The Morgan fingerprint density at radius 1 is 0.295 bits per heavy atom. The number of rotatable bonds is 76. The Kier molecular flexibility index (Phi) is 67.7. The van der Waals surface area contributed by atoms with E-state index in [-0.39, 0.29) is 25.7 Å². The lowest BCUT2D eigenvalue weighted by molar-refractivity contribution is -0.161. The molecule has 0 aliphatic rings. The number of phosphoric acid groups is 2. The fraction of sp³-hybridized carbons (Fsp3) is 0.947. The summed E-state index contributed by atoms with van der Waals surface area (Å²) >= 11 is 0. The van der Waals surface area contributed by atoms with Crippen LogP contribution >= 0.6 is 15.6 Å². The minimum Gasteiger partial charge on any atom is -0.462 e. The molecule has 0 aromatic carbocycles. The molecule has 0 spiro atoms. The van der Waals surface area contributed by atoms with Crippen LogP contribution in [0.15, 0.2) is 0 Å². The Morgan fingerprint density at radius 2 is 0.505 bits per heavy atom. The number of unbranched alkanes of at least 4 members (excludes halogenated alkanes) is 47. The van der Waals surface area contributed by atoms with Gasteiger partial charge >= 0.3 is 39.5 Å². The van der Waals surface area contributed by atoms with Crippen molar-refractivity contribution in [3.8, 4) is 0 Å². The van der Waals surface area contributed by atoms with Gasteiger partial charge in [-0.1, -0.05) is 349 Å². The predicted molar refractivity (Wildman–Crippen MR) is 386 cm³/mol. The maximum atomic E-state index is 13.1. The largest absolute Gasteiger partial charge is 0.472 e. The summed E-state index contributed by atoms with van der Waals surface area (Å²) in [5.41, 5.74) is 0. The normalized spacial score (nSPS) is 14.2. The number of hydrogen-bond donors (Lipinski definition) is 3. The van der Waals surface area contributed by atoms with Gasteiger partial charge in [0.1, 0.15) is 19.3 Å². The number of carbonyl (C=O) groups excluding carboxylic acids is 4. The van der Waals surface area contributed by atoms with Crippen molar-refractivity contribution in [3.05, 3.63) is 0 Å². The van der Waals surface area contributed by atoms with Gasteiger partial charge in [0.25, 0.3) is 0 Å². The SMILES string of the molecule is CCCCCCCCCCCCCCCCCC(=O)OC[C@H](COP(=O)(O)OC[C@@H](O)COP(=O)(O)OC[C@@H](COC(=O)CCCCCCCCCCC(C)CC)OC(=O)CCCCCCCCCCCCCCC)OC(=O)CCCCCCCCCCCCCCCCC. The summed E-state index contributed by atoms with van der Waals surface area (Å²) in [5, 5.41) is 10.6. The monoisotopic (exact) mass is 1400 g/mol. The van der Waals surface area contributed by atoms with Gasteiger partial charge in [-0.2, -0.15) is 0 Å². The highest BCUT2D eigenvalue weighted by atomic mass is 31.2. The van der Waals surface area contributed by atoms with Crippen LogP contribution in [-0.2, 0) is 65.4 Å². The van der Waals surface area contributed by atoms with Gasteiger partial charge in [-0.15, -0.1) is 0 Å². The molecule has 564 valence electrons. The number of aliphatic hydroxyl groups excluding tert-OH is 1. The lowest BCUT2D eigenvalue weighted by atomic mass is 9.99. The maximum absolute atomic E-state index is 13.1. The van der Waals surface area contributed by atoms with Crippen LogP contribution in [0.1, 0.15) is 401 Å². The third-order valence-corrected chi connectivity index (χ3v) is 20.0. The lowest BCUT2D eigenvalue weighted by Crippen LogP contribution is -2.30. The van der Waals surface area contributed by atoms with E-state index in [9.17, 15) is 43.2 Å². The molecular weight excluding hydrogens is 1250 g/mol. The topological polar surface area (TPSA) is 237 Å². The second-order valence-corrected chi connectivity index (χ2v) is 30.5. The van der Waals surface area contributed by atoms with Crippen molar-refractivity contribution in [2.75, 3.05) is 39.6 Å². The van der Waals surface area contributed by atoms with Gasteiger partial charge in [-0.25, -0.2) is 9.13 Å². The molecule has 0 radical (unpaired) electrons. The Hall–Kier alpha value is -1.94. The lowest BCUT2D eigenvalue weighted by Gasteiger charge is -2.21. The summed E-state index contributed by atoms with van der Waals surface area (Å²) in [6, 6.07) is 0. The molecule has 0 saturated carbocycles. The number of carbonyl (C=O) groups is 4. The first kappa shape index (κ1) is 93.1. The van der Waals surface area contributed by atoms with Crippen molar-refractivity contribution in [2.45, 2.75) is 419 Å². The Balaban J connectivity index is 5.26. The van der Waals surface area contributed by atoms with E-state index >= 15 is 0 Å². The molecule has 0 aromatic heterocycles.